The summed E-state index contributed by atoms with van der Waals surface area (Å²) in [6.45, 7) is 14.6. The number of nitrogens with one attached hydrogen (secondary N) is 1. The molecule has 2 aliphatic rings. The second-order valence-electron chi connectivity index (χ2n) is 12.5. The molecule has 11 heteroatoms. The molecule has 1 N–H and O–H groups in total. The van der Waals surface area contributed by atoms with Crippen LogP contribution in [0, 0.1) is 17.2 Å². The number of hydrogen-bond acceptors (Lipinski definition) is 6. The van der Waals surface area contributed by atoms with Crippen molar-refractivity contribution >= 4 is 40.9 Å². The van der Waals surface area contributed by atoms with Crippen molar-refractivity contribution in [3.05, 3.63) is 99.6 Å². The summed E-state index contributed by atoms with van der Waals surface area (Å²) in [6, 6.07) is 10.2. The summed E-state index contributed by atoms with van der Waals surface area (Å²) >= 11 is 0. The van der Waals surface area contributed by atoms with Gasteiger partial charge in [-0.15, -0.1) is 6.58 Å². The van der Waals surface area contributed by atoms with Gasteiger partial charge in [0.1, 0.15) is 5.82 Å². The van der Waals surface area contributed by atoms with E-state index >= 15 is 4.39 Å². The minimum absolute atomic E-state index is 0.234. The highest BCUT2D eigenvalue weighted by molar-refractivity contribution is 7.38. The number of fused-ring (bicyclic) bond motifs is 1. The Bertz CT molecular complexity index is 1690. The van der Waals surface area contributed by atoms with Gasteiger partial charge < -0.3 is 14.2 Å². The van der Waals surface area contributed by atoms with Crippen LogP contribution in [0.3, 0.4) is 0 Å². The maximum atomic E-state index is 15.6. The van der Waals surface area contributed by atoms with Crippen molar-refractivity contribution in [3.63, 3.8) is 0 Å². The predicted octanol–water partition coefficient (Wildman–Crippen LogP) is 6.65. The Hall–Kier alpha value is -2.96. The van der Waals surface area contributed by atoms with Crippen LogP contribution >= 0.6 is 18.5 Å². The van der Waals surface area contributed by atoms with Gasteiger partial charge in [0.05, 0.1) is 30.0 Å². The van der Waals surface area contributed by atoms with Crippen LogP contribution in [0.15, 0.2) is 76.7 Å². The van der Waals surface area contributed by atoms with Gasteiger partial charge in [0, 0.05) is 36.6 Å². The summed E-state index contributed by atoms with van der Waals surface area (Å²) in [7, 11) is 4.35. The maximum absolute atomic E-state index is 15.6. The Morgan fingerprint density at radius 2 is 1.91 bits per heavy atom. The van der Waals surface area contributed by atoms with Gasteiger partial charge in [0.15, 0.2) is 22.6 Å². The van der Waals surface area contributed by atoms with Crippen molar-refractivity contribution in [3.8, 4) is 0 Å². The lowest BCUT2D eigenvalue weighted by molar-refractivity contribution is -0.0192. The average molecular weight is 655 g/mol. The predicted molar refractivity (Wildman–Crippen MR) is 185 cm³/mol. The molecule has 7 nitrogen and oxygen atoms in total. The molecule has 2 aromatic carbocycles. The van der Waals surface area contributed by atoms with Crippen LogP contribution in [0.2, 0.25) is 0 Å². The van der Waals surface area contributed by atoms with Crippen molar-refractivity contribution < 1.29 is 18.4 Å². The maximum Gasteiger partial charge on any atom is 0.200 e. The number of benzene rings is 2. The molecule has 3 heterocycles. The minimum atomic E-state index is -1.63. The van der Waals surface area contributed by atoms with Gasteiger partial charge in [-0.1, -0.05) is 81.2 Å². The number of aromatic nitrogens is 1. The Balaban J connectivity index is 1.59. The van der Waals surface area contributed by atoms with Crippen LogP contribution in [-0.4, -0.2) is 42.9 Å². The Labute approximate surface area is 268 Å². The van der Waals surface area contributed by atoms with Gasteiger partial charge in [-0.3, -0.25) is 4.79 Å². The van der Waals surface area contributed by atoms with Gasteiger partial charge in [-0.25, -0.2) is 24.1 Å². The van der Waals surface area contributed by atoms with E-state index in [4.69, 9.17) is 14.6 Å². The van der Waals surface area contributed by atoms with Crippen molar-refractivity contribution in [2.75, 3.05) is 31.2 Å². The van der Waals surface area contributed by atoms with Crippen LogP contribution in [-0.2, 0) is 21.3 Å². The van der Waals surface area contributed by atoms with E-state index in [1.807, 2.05) is 27.7 Å². The van der Waals surface area contributed by atoms with Crippen molar-refractivity contribution in [1.29, 1.82) is 0 Å². The summed E-state index contributed by atoms with van der Waals surface area (Å²) < 4.78 is 37.5. The molecule has 0 amide bonds. The molecule has 45 heavy (non-hydrogen) atoms. The molecule has 0 bridgehead atoms. The van der Waals surface area contributed by atoms with E-state index in [-0.39, 0.29) is 16.4 Å². The monoisotopic (exact) mass is 654 g/mol. The highest BCUT2D eigenvalue weighted by Crippen LogP contribution is 2.40. The van der Waals surface area contributed by atoms with E-state index in [1.54, 1.807) is 24.4 Å². The van der Waals surface area contributed by atoms with Crippen molar-refractivity contribution in [2.45, 2.75) is 52.0 Å². The molecule has 240 valence electrons. The molecule has 0 saturated carbocycles. The van der Waals surface area contributed by atoms with Gasteiger partial charge in [-0.05, 0) is 42.5 Å². The van der Waals surface area contributed by atoms with Crippen LogP contribution < -0.4 is 15.8 Å². The first kappa shape index (κ1) is 33.4. The smallest absolute Gasteiger partial charge is 0.200 e. The largest absolute Gasteiger partial charge is 0.378 e. The summed E-state index contributed by atoms with van der Waals surface area (Å²) in [4.78, 5) is 26.7. The van der Waals surface area contributed by atoms with E-state index in [2.05, 4.69) is 64.3 Å². The first-order valence-electron chi connectivity index (χ1n) is 15.1. The molecule has 4 atom stereocenters. The number of aliphatic imine (C=N–C) groups is 1. The lowest BCUT2D eigenvalue weighted by Crippen LogP contribution is -2.37. The lowest BCUT2D eigenvalue weighted by Gasteiger charge is -2.29. The van der Waals surface area contributed by atoms with Crippen LogP contribution in [0.5, 0.6) is 0 Å². The highest BCUT2D eigenvalue weighted by atomic mass is 31.1. The Morgan fingerprint density at radius 3 is 2.56 bits per heavy atom. The van der Waals surface area contributed by atoms with Gasteiger partial charge in [0.2, 0.25) is 0 Å². The molecule has 1 saturated heterocycles. The molecule has 0 radical (unpaired) electrons. The number of pyridine rings is 1. The number of anilines is 1. The summed E-state index contributed by atoms with van der Waals surface area (Å²) in [5.41, 5.74) is 5.85. The number of halogens is 2. The van der Waals surface area contributed by atoms with Gasteiger partial charge >= 0.3 is 0 Å². The number of ether oxygens (including phenoxy) is 1. The number of hydrogen-bond donors (Lipinski definition) is 1. The normalized spacial score (nSPS) is 18.6. The highest BCUT2D eigenvalue weighted by Gasteiger charge is 2.37. The van der Waals surface area contributed by atoms with E-state index in [0.717, 1.165) is 17.6 Å². The number of rotatable bonds is 10. The first-order chi connectivity index (χ1) is 21.3. The number of amidine groups is 1. The zero-order chi connectivity index (χ0) is 32.5. The molecule has 1 fully saturated rings. The number of nitrogens with zero attached hydrogens (tertiary/aromatic N) is 3. The fraction of sp³-hybridized carbons (Fsp3) is 0.412. The molecular weight excluding hydrogens is 612 g/mol. The summed E-state index contributed by atoms with van der Waals surface area (Å²) in [5.74, 6) is 0.134. The fourth-order valence-electron chi connectivity index (χ4n) is 5.69. The standard InChI is InChI=1S/C34H42F2N4O3P2/c1-6-7-21(2)16-22(3)33(4,5)32-37-31(38-43-32)26-20-40(19-23-8-10-24(11-9-23)34(36,44)45)28-18-29(39-12-14-42-15-13-39)27(35)17-25(28)30(26)41/h6,8-11,16-18,20-21,32H,1,7,12-15,19,44-45H2,2-5H3,(H,37,38)/b22-16+. The van der Waals surface area contributed by atoms with Crippen molar-refractivity contribution in [1.82, 2.24) is 10.0 Å². The van der Waals surface area contributed by atoms with Gasteiger partial charge in [-0.2, -0.15) is 0 Å². The van der Waals surface area contributed by atoms with Crippen LogP contribution in [0.1, 0.15) is 50.8 Å². The molecule has 0 spiro atoms. The molecule has 3 aromatic rings. The topological polar surface area (TPSA) is 68.1 Å². The summed E-state index contributed by atoms with van der Waals surface area (Å²) in [5, 5.41) is -1.40. The third-order valence-corrected chi connectivity index (χ3v) is 9.39. The lowest BCUT2D eigenvalue weighted by atomic mass is 9.81. The number of hydroxylamine groups is 1. The summed E-state index contributed by atoms with van der Waals surface area (Å²) in [6.07, 6.45) is 6.11. The third-order valence-electron chi connectivity index (χ3n) is 8.73. The molecule has 2 aliphatic heterocycles. The quantitative estimate of drug-likeness (QED) is 0.196. The van der Waals surface area contributed by atoms with Gasteiger partial charge in [0.25, 0.3) is 0 Å². The number of morpholine rings is 1. The fourth-order valence-corrected chi connectivity index (χ4v) is 6.07. The molecule has 0 aliphatic carbocycles. The first-order valence-corrected chi connectivity index (χ1v) is 16.3. The molecule has 5 rings (SSSR count). The minimum Gasteiger partial charge on any atom is -0.378 e. The SMILES string of the molecule is C=CCC(C)/C=C(\C)C(C)(C)C1N=C(c2cn(Cc3ccc(C(F)(P)P)cc3)c3cc(N4CCOCC4)c(F)cc3c2=O)NO1. The third kappa shape index (κ3) is 7.23. The molecule has 1 aromatic heterocycles. The zero-order valence-corrected chi connectivity index (χ0v) is 28.6. The van der Waals surface area contributed by atoms with E-state index in [1.165, 1.54) is 6.07 Å². The second kappa shape index (κ2) is 13.4. The Morgan fingerprint density at radius 1 is 1.22 bits per heavy atom. The molecular formula is C34H42F2N4O3P2. The number of alkyl halides is 1. The Kier molecular flexibility index (Phi) is 9.96. The zero-order valence-electron chi connectivity index (χ0n) is 26.3. The average Bonchev–Trinajstić information content (AvgIpc) is 3.50. The van der Waals surface area contributed by atoms with Crippen LogP contribution in [0.25, 0.3) is 10.9 Å². The molecule has 4 unspecified atom stereocenters. The second-order valence-corrected chi connectivity index (χ2v) is 14.9. The van der Waals surface area contributed by atoms with Crippen LogP contribution in [0.4, 0.5) is 14.5 Å². The van der Waals surface area contributed by atoms with E-state index < -0.39 is 22.6 Å². The van der Waals surface area contributed by atoms with E-state index in [9.17, 15) is 9.18 Å². The van der Waals surface area contributed by atoms with E-state index in [0.29, 0.717) is 61.4 Å². The van der Waals surface area contributed by atoms with Crippen molar-refractivity contribution in [2.24, 2.45) is 16.3 Å². The number of allylic oxidation sites excluding steroid dienone is 2.